The van der Waals surface area contributed by atoms with Gasteiger partial charge < -0.3 is 9.84 Å². The van der Waals surface area contributed by atoms with Gasteiger partial charge in [-0.15, -0.1) is 0 Å². The lowest BCUT2D eigenvalue weighted by molar-refractivity contribution is 0.0949. The van der Waals surface area contributed by atoms with Crippen LogP contribution in [-0.4, -0.2) is 20.8 Å². The molecule has 126 valence electrons. The number of amides is 1. The smallest absolute Gasteiger partial charge is 0.255 e. The van der Waals surface area contributed by atoms with Gasteiger partial charge in [0.15, 0.2) is 0 Å². The predicted octanol–water partition coefficient (Wildman–Crippen LogP) is 2.93. The Bertz CT molecular complexity index is 970. The van der Waals surface area contributed by atoms with Crippen molar-refractivity contribution < 1.29 is 9.32 Å². The second-order valence-electron chi connectivity index (χ2n) is 5.41. The second kappa shape index (κ2) is 6.79. The van der Waals surface area contributed by atoms with Crippen LogP contribution in [0.4, 0.5) is 0 Å². The van der Waals surface area contributed by atoms with Crippen LogP contribution in [0.3, 0.4) is 0 Å². The highest BCUT2D eigenvalue weighted by Crippen LogP contribution is 2.23. The molecular weight excluding hydrogens is 342 g/mol. The molecule has 1 N–H and O–H groups in total. The van der Waals surface area contributed by atoms with Crippen LogP contribution in [-0.2, 0) is 6.54 Å². The van der Waals surface area contributed by atoms with Crippen LogP contribution >= 0.6 is 11.6 Å². The van der Waals surface area contributed by atoms with E-state index in [9.17, 15) is 4.79 Å². The summed E-state index contributed by atoms with van der Waals surface area (Å²) in [5.41, 5.74) is 3.46. The molecule has 0 unspecified atom stereocenters. The van der Waals surface area contributed by atoms with Crippen molar-refractivity contribution in [3.8, 4) is 11.8 Å². The summed E-state index contributed by atoms with van der Waals surface area (Å²) in [5, 5.41) is 20.3. The van der Waals surface area contributed by atoms with Crippen LogP contribution in [0.15, 0.2) is 35.1 Å². The van der Waals surface area contributed by atoms with Gasteiger partial charge in [0.1, 0.15) is 18.0 Å². The van der Waals surface area contributed by atoms with Gasteiger partial charge in [-0.1, -0.05) is 16.8 Å². The Hall–Kier alpha value is -3.11. The number of rotatable bonds is 4. The van der Waals surface area contributed by atoms with E-state index >= 15 is 0 Å². The second-order valence-corrected chi connectivity index (χ2v) is 5.81. The standard InChI is InChI=1S/C17H14ClN5O2/c1-10-16(17(24)20-9-13-5-6-25-22-13)11(2)23(21-10)14-4-3-12(8-19)15(18)7-14/h3-7H,9H2,1-2H3,(H,20,24). The Labute approximate surface area is 148 Å². The van der Waals surface area contributed by atoms with Gasteiger partial charge in [0, 0.05) is 6.07 Å². The lowest BCUT2D eigenvalue weighted by Crippen LogP contribution is -2.24. The molecule has 1 amide bonds. The fourth-order valence-corrected chi connectivity index (χ4v) is 2.75. The van der Waals surface area contributed by atoms with Crippen molar-refractivity contribution in [2.75, 3.05) is 0 Å². The maximum atomic E-state index is 12.5. The van der Waals surface area contributed by atoms with E-state index in [1.165, 1.54) is 6.26 Å². The van der Waals surface area contributed by atoms with Crippen molar-refractivity contribution in [3.63, 3.8) is 0 Å². The Morgan fingerprint density at radius 2 is 2.20 bits per heavy atom. The summed E-state index contributed by atoms with van der Waals surface area (Å²) < 4.78 is 6.37. The molecule has 0 aliphatic carbocycles. The number of halogens is 1. The Balaban J connectivity index is 1.89. The monoisotopic (exact) mass is 355 g/mol. The number of hydrogen-bond donors (Lipinski definition) is 1. The van der Waals surface area contributed by atoms with Crippen LogP contribution in [0.2, 0.25) is 5.02 Å². The van der Waals surface area contributed by atoms with Crippen LogP contribution in [0.1, 0.15) is 33.0 Å². The van der Waals surface area contributed by atoms with E-state index < -0.39 is 0 Å². The van der Waals surface area contributed by atoms with Gasteiger partial charge in [-0.2, -0.15) is 10.4 Å². The maximum absolute atomic E-state index is 12.5. The first kappa shape index (κ1) is 16.7. The van der Waals surface area contributed by atoms with Gasteiger partial charge in [-0.3, -0.25) is 4.79 Å². The summed E-state index contributed by atoms with van der Waals surface area (Å²) in [4.78, 5) is 12.5. The molecule has 0 saturated carbocycles. The zero-order chi connectivity index (χ0) is 18.0. The van der Waals surface area contributed by atoms with Gasteiger partial charge >= 0.3 is 0 Å². The van der Waals surface area contributed by atoms with E-state index in [2.05, 4.69) is 15.6 Å². The van der Waals surface area contributed by atoms with Crippen molar-refractivity contribution in [1.82, 2.24) is 20.3 Å². The highest BCUT2D eigenvalue weighted by molar-refractivity contribution is 6.31. The predicted molar refractivity (Wildman–Crippen MR) is 90.4 cm³/mol. The van der Waals surface area contributed by atoms with Crippen molar-refractivity contribution in [2.24, 2.45) is 0 Å². The molecule has 2 heterocycles. The van der Waals surface area contributed by atoms with E-state index in [4.69, 9.17) is 21.4 Å². The van der Waals surface area contributed by atoms with Crippen LogP contribution in [0, 0.1) is 25.2 Å². The number of aryl methyl sites for hydroxylation is 1. The third kappa shape index (κ3) is 3.25. The third-order valence-electron chi connectivity index (χ3n) is 3.76. The average Bonchev–Trinajstić information content (AvgIpc) is 3.20. The van der Waals surface area contributed by atoms with Crippen LogP contribution in [0.25, 0.3) is 5.69 Å². The van der Waals surface area contributed by atoms with Crippen LogP contribution < -0.4 is 5.32 Å². The summed E-state index contributed by atoms with van der Waals surface area (Å²) in [6.45, 7) is 3.83. The Kier molecular flexibility index (Phi) is 4.55. The largest absolute Gasteiger partial charge is 0.364 e. The molecule has 0 saturated heterocycles. The number of nitrogens with zero attached hydrogens (tertiary/aromatic N) is 4. The molecule has 1 aromatic carbocycles. The molecular formula is C17H14ClN5O2. The van der Waals surface area contributed by atoms with Crippen molar-refractivity contribution >= 4 is 17.5 Å². The number of carbonyl (C=O) groups excluding carboxylic acids is 1. The molecule has 0 aliphatic heterocycles. The molecule has 0 spiro atoms. The normalized spacial score (nSPS) is 10.5. The molecule has 8 heteroatoms. The molecule has 0 fully saturated rings. The average molecular weight is 356 g/mol. The first-order valence-corrected chi connectivity index (χ1v) is 7.82. The number of carbonyl (C=O) groups is 1. The molecule has 0 radical (unpaired) electrons. The maximum Gasteiger partial charge on any atom is 0.255 e. The Morgan fingerprint density at radius 3 is 2.84 bits per heavy atom. The summed E-state index contributed by atoms with van der Waals surface area (Å²) in [6, 6.07) is 8.71. The summed E-state index contributed by atoms with van der Waals surface area (Å²) in [5.74, 6) is -0.246. The topological polar surface area (TPSA) is 96.7 Å². The fourth-order valence-electron chi connectivity index (χ4n) is 2.54. The van der Waals surface area contributed by atoms with Crippen molar-refractivity contribution in [3.05, 3.63) is 63.8 Å². The van der Waals surface area contributed by atoms with E-state index in [-0.39, 0.29) is 12.5 Å². The molecule has 0 atom stereocenters. The van der Waals surface area contributed by atoms with E-state index in [1.54, 1.807) is 42.8 Å². The first-order chi connectivity index (χ1) is 12.0. The van der Waals surface area contributed by atoms with Crippen molar-refractivity contribution in [2.45, 2.75) is 20.4 Å². The zero-order valence-electron chi connectivity index (χ0n) is 13.6. The van der Waals surface area contributed by atoms with Crippen LogP contribution in [0.5, 0.6) is 0 Å². The minimum Gasteiger partial charge on any atom is -0.364 e. The zero-order valence-corrected chi connectivity index (χ0v) is 14.3. The fraction of sp³-hybridized carbons (Fsp3) is 0.176. The lowest BCUT2D eigenvalue weighted by atomic mass is 10.1. The van der Waals surface area contributed by atoms with Gasteiger partial charge in [0.2, 0.25) is 0 Å². The lowest BCUT2D eigenvalue weighted by Gasteiger charge is -2.07. The van der Waals surface area contributed by atoms with E-state index in [0.717, 1.165) is 0 Å². The third-order valence-corrected chi connectivity index (χ3v) is 4.07. The van der Waals surface area contributed by atoms with Gasteiger partial charge in [-0.05, 0) is 32.0 Å². The number of nitrogens with one attached hydrogen (secondary N) is 1. The van der Waals surface area contributed by atoms with Crippen molar-refractivity contribution in [1.29, 1.82) is 5.26 Å². The molecule has 3 rings (SSSR count). The quantitative estimate of drug-likeness (QED) is 0.776. The summed E-state index contributed by atoms with van der Waals surface area (Å²) in [7, 11) is 0. The highest BCUT2D eigenvalue weighted by atomic mass is 35.5. The summed E-state index contributed by atoms with van der Waals surface area (Å²) >= 11 is 6.09. The van der Waals surface area contributed by atoms with Gasteiger partial charge in [0.05, 0.1) is 39.8 Å². The van der Waals surface area contributed by atoms with Gasteiger partial charge in [-0.25, -0.2) is 4.68 Å². The number of aromatic nitrogens is 3. The molecule has 3 aromatic rings. The molecule has 0 aliphatic rings. The highest BCUT2D eigenvalue weighted by Gasteiger charge is 2.20. The number of nitriles is 1. The summed E-state index contributed by atoms with van der Waals surface area (Å²) in [6.07, 6.45) is 1.45. The van der Waals surface area contributed by atoms with E-state index in [0.29, 0.717) is 38.9 Å². The molecule has 25 heavy (non-hydrogen) atoms. The molecule has 0 bridgehead atoms. The minimum atomic E-state index is -0.246. The SMILES string of the molecule is Cc1nn(-c2ccc(C#N)c(Cl)c2)c(C)c1C(=O)NCc1ccon1. The number of hydrogen-bond acceptors (Lipinski definition) is 5. The van der Waals surface area contributed by atoms with E-state index in [1.807, 2.05) is 6.07 Å². The first-order valence-electron chi connectivity index (χ1n) is 7.45. The minimum absolute atomic E-state index is 0.246. The van der Waals surface area contributed by atoms with Gasteiger partial charge in [0.25, 0.3) is 5.91 Å². The molecule has 7 nitrogen and oxygen atoms in total. The molecule has 2 aromatic heterocycles. The number of benzene rings is 1. The Morgan fingerprint density at radius 1 is 1.40 bits per heavy atom.